The van der Waals surface area contributed by atoms with Crippen LogP contribution in [0.25, 0.3) is 5.65 Å². The molecule has 5 heteroatoms. The normalized spacial score (nSPS) is 11.2. The number of imidazole rings is 1. The van der Waals surface area contributed by atoms with E-state index in [-0.39, 0.29) is 6.10 Å². The maximum atomic E-state index is 5.77. The molecule has 0 aromatic carbocycles. The number of nitrogens with zero attached hydrogens (tertiary/aromatic N) is 2. The Balaban J connectivity index is 2.09. The Morgan fingerprint density at radius 2 is 2.00 bits per heavy atom. The van der Waals surface area contributed by atoms with Crippen LogP contribution in [0.5, 0.6) is 5.75 Å². The summed E-state index contributed by atoms with van der Waals surface area (Å²) in [6, 6.07) is 3.78. The van der Waals surface area contributed by atoms with Crippen LogP contribution in [0.4, 0.5) is 0 Å². The van der Waals surface area contributed by atoms with Crippen molar-refractivity contribution in [2.75, 3.05) is 27.4 Å². The monoisotopic (exact) mass is 236 g/mol. The van der Waals surface area contributed by atoms with Gasteiger partial charge in [0.1, 0.15) is 17.5 Å². The second-order valence-corrected chi connectivity index (χ2v) is 3.71. The van der Waals surface area contributed by atoms with Crippen LogP contribution in [0.1, 0.15) is 0 Å². The third-order valence-electron chi connectivity index (χ3n) is 2.38. The van der Waals surface area contributed by atoms with Crippen molar-refractivity contribution in [1.29, 1.82) is 0 Å². The molecule has 0 fully saturated rings. The maximum Gasteiger partial charge on any atom is 0.145 e. The first-order chi connectivity index (χ1) is 8.33. The molecule has 5 nitrogen and oxygen atoms in total. The molecule has 0 bridgehead atoms. The van der Waals surface area contributed by atoms with Gasteiger partial charge in [-0.25, -0.2) is 4.98 Å². The van der Waals surface area contributed by atoms with E-state index in [1.807, 2.05) is 28.9 Å². The van der Waals surface area contributed by atoms with Crippen molar-refractivity contribution in [3.63, 3.8) is 0 Å². The van der Waals surface area contributed by atoms with Gasteiger partial charge in [0.25, 0.3) is 0 Å². The number of hydrogen-bond donors (Lipinski definition) is 0. The van der Waals surface area contributed by atoms with Crippen LogP contribution in [-0.2, 0) is 9.47 Å². The Morgan fingerprint density at radius 3 is 2.71 bits per heavy atom. The fourth-order valence-corrected chi connectivity index (χ4v) is 1.65. The zero-order valence-corrected chi connectivity index (χ0v) is 10.00. The van der Waals surface area contributed by atoms with Gasteiger partial charge >= 0.3 is 0 Å². The Kier molecular flexibility index (Phi) is 3.95. The molecule has 2 aromatic rings. The third-order valence-corrected chi connectivity index (χ3v) is 2.38. The molecular formula is C12H16N2O3. The first kappa shape index (κ1) is 11.9. The molecule has 17 heavy (non-hydrogen) atoms. The molecule has 0 saturated carbocycles. The second kappa shape index (κ2) is 5.65. The van der Waals surface area contributed by atoms with Crippen LogP contribution in [0.3, 0.4) is 0 Å². The summed E-state index contributed by atoms with van der Waals surface area (Å²) in [5.74, 6) is 0.766. The van der Waals surface area contributed by atoms with Crippen LogP contribution in [0, 0.1) is 0 Å². The Labute approximate surface area is 99.9 Å². The quantitative estimate of drug-likeness (QED) is 0.760. The summed E-state index contributed by atoms with van der Waals surface area (Å²) < 4.78 is 17.8. The molecule has 0 saturated heterocycles. The fourth-order valence-electron chi connectivity index (χ4n) is 1.65. The molecule has 0 atom stereocenters. The lowest BCUT2D eigenvalue weighted by Gasteiger charge is -2.17. The number of ether oxygens (including phenoxy) is 3. The smallest absolute Gasteiger partial charge is 0.145 e. The highest BCUT2D eigenvalue weighted by molar-refractivity contribution is 5.44. The molecule has 0 spiro atoms. The summed E-state index contributed by atoms with van der Waals surface area (Å²) in [5.41, 5.74) is 0.857. The largest absolute Gasteiger partial charge is 0.485 e. The molecule has 2 aromatic heterocycles. The predicted molar refractivity (Wildman–Crippen MR) is 63.4 cm³/mol. The molecule has 0 amide bonds. The molecule has 0 radical (unpaired) electrons. The molecule has 0 aliphatic heterocycles. The topological polar surface area (TPSA) is 45.0 Å². The highest BCUT2D eigenvalue weighted by atomic mass is 16.6. The van der Waals surface area contributed by atoms with E-state index in [1.165, 1.54) is 0 Å². The van der Waals surface area contributed by atoms with Crippen LogP contribution >= 0.6 is 0 Å². The highest BCUT2D eigenvalue weighted by Gasteiger charge is 2.10. The third kappa shape index (κ3) is 2.95. The summed E-state index contributed by atoms with van der Waals surface area (Å²) >= 11 is 0. The minimum Gasteiger partial charge on any atom is -0.485 e. The number of rotatable bonds is 6. The molecule has 0 aliphatic rings. The van der Waals surface area contributed by atoms with Crippen molar-refractivity contribution in [2.45, 2.75) is 6.10 Å². The average Bonchev–Trinajstić information content (AvgIpc) is 2.77. The molecule has 0 unspecified atom stereocenters. The van der Waals surface area contributed by atoms with E-state index in [2.05, 4.69) is 4.98 Å². The zero-order chi connectivity index (χ0) is 12.1. The lowest BCUT2D eigenvalue weighted by atomic mass is 10.3. The Bertz CT molecular complexity index is 463. The highest BCUT2D eigenvalue weighted by Crippen LogP contribution is 2.15. The number of fused-ring (bicyclic) bond motifs is 1. The van der Waals surface area contributed by atoms with Gasteiger partial charge in [0.2, 0.25) is 0 Å². The van der Waals surface area contributed by atoms with Crippen molar-refractivity contribution >= 4 is 5.65 Å². The number of methoxy groups -OCH3 is 2. The van der Waals surface area contributed by atoms with Crippen molar-refractivity contribution in [2.24, 2.45) is 0 Å². The molecule has 0 N–H and O–H groups in total. The summed E-state index contributed by atoms with van der Waals surface area (Å²) in [5, 5.41) is 0. The van der Waals surface area contributed by atoms with Crippen molar-refractivity contribution in [1.82, 2.24) is 9.38 Å². The van der Waals surface area contributed by atoms with E-state index in [9.17, 15) is 0 Å². The van der Waals surface area contributed by atoms with Crippen molar-refractivity contribution < 1.29 is 14.2 Å². The van der Waals surface area contributed by atoms with Gasteiger partial charge in [-0.2, -0.15) is 0 Å². The lowest BCUT2D eigenvalue weighted by Crippen LogP contribution is -2.27. The second-order valence-electron chi connectivity index (χ2n) is 3.71. The lowest BCUT2D eigenvalue weighted by molar-refractivity contribution is 0.0245. The van der Waals surface area contributed by atoms with Gasteiger partial charge in [-0.3, -0.25) is 0 Å². The minimum absolute atomic E-state index is 0.109. The standard InChI is InChI=1S/C12H16N2O3/c1-15-8-11(9-16-2)17-10-3-5-14-6-4-13-12(14)7-10/h3-7,11H,8-9H2,1-2H3. The molecule has 92 valence electrons. The fraction of sp³-hybridized carbons (Fsp3) is 0.417. The van der Waals surface area contributed by atoms with Gasteiger partial charge in [-0.1, -0.05) is 0 Å². The van der Waals surface area contributed by atoms with Gasteiger partial charge < -0.3 is 18.6 Å². The van der Waals surface area contributed by atoms with Gasteiger partial charge in [0.15, 0.2) is 0 Å². The van der Waals surface area contributed by atoms with E-state index >= 15 is 0 Å². The van der Waals surface area contributed by atoms with Crippen molar-refractivity contribution in [3.8, 4) is 5.75 Å². The minimum atomic E-state index is -0.109. The predicted octanol–water partition coefficient (Wildman–Crippen LogP) is 1.37. The van der Waals surface area contributed by atoms with Gasteiger partial charge in [-0.05, 0) is 6.07 Å². The summed E-state index contributed by atoms with van der Waals surface area (Å²) in [4.78, 5) is 4.20. The first-order valence-electron chi connectivity index (χ1n) is 5.40. The van der Waals surface area contributed by atoms with Crippen LogP contribution in [0.2, 0.25) is 0 Å². The Hall–Kier alpha value is -1.59. The SMILES string of the molecule is COCC(COC)Oc1ccn2ccnc2c1. The van der Waals surface area contributed by atoms with E-state index in [4.69, 9.17) is 14.2 Å². The number of hydrogen-bond acceptors (Lipinski definition) is 4. The summed E-state index contributed by atoms with van der Waals surface area (Å²) in [6.07, 6.45) is 5.44. The van der Waals surface area contributed by atoms with Crippen LogP contribution in [0.15, 0.2) is 30.7 Å². The van der Waals surface area contributed by atoms with E-state index in [1.54, 1.807) is 20.4 Å². The number of pyridine rings is 1. The molecular weight excluding hydrogens is 220 g/mol. The van der Waals surface area contributed by atoms with Gasteiger partial charge in [-0.15, -0.1) is 0 Å². The van der Waals surface area contributed by atoms with Gasteiger partial charge in [0.05, 0.1) is 13.2 Å². The van der Waals surface area contributed by atoms with E-state index in [0.717, 1.165) is 11.4 Å². The number of aromatic nitrogens is 2. The summed E-state index contributed by atoms with van der Waals surface area (Å²) in [6.45, 7) is 0.987. The first-order valence-corrected chi connectivity index (χ1v) is 5.40. The average molecular weight is 236 g/mol. The van der Waals surface area contributed by atoms with E-state index in [0.29, 0.717) is 13.2 Å². The van der Waals surface area contributed by atoms with Crippen LogP contribution < -0.4 is 4.74 Å². The Morgan fingerprint density at radius 1 is 1.24 bits per heavy atom. The zero-order valence-electron chi connectivity index (χ0n) is 10.00. The van der Waals surface area contributed by atoms with Crippen molar-refractivity contribution in [3.05, 3.63) is 30.7 Å². The molecule has 0 aliphatic carbocycles. The maximum absolute atomic E-state index is 5.77. The summed E-state index contributed by atoms with van der Waals surface area (Å²) in [7, 11) is 3.29. The van der Waals surface area contributed by atoms with E-state index < -0.39 is 0 Å². The van der Waals surface area contributed by atoms with Crippen LogP contribution in [-0.4, -0.2) is 42.9 Å². The molecule has 2 rings (SSSR count). The van der Waals surface area contributed by atoms with Gasteiger partial charge in [0, 0.05) is 38.9 Å². The molecule has 2 heterocycles.